The minimum atomic E-state index is 0.588. The van der Waals surface area contributed by atoms with Gasteiger partial charge in [0, 0.05) is 12.6 Å². The van der Waals surface area contributed by atoms with E-state index in [1.165, 1.54) is 18.4 Å². The Morgan fingerprint density at radius 1 is 1.33 bits per heavy atom. The van der Waals surface area contributed by atoms with Crippen LogP contribution in [0.2, 0.25) is 0 Å². The first kappa shape index (κ1) is 12.0. The van der Waals surface area contributed by atoms with Crippen LogP contribution in [0.3, 0.4) is 0 Å². The van der Waals surface area contributed by atoms with Crippen molar-refractivity contribution in [2.75, 3.05) is 0 Å². The lowest BCUT2D eigenvalue weighted by Gasteiger charge is -2.13. The van der Waals surface area contributed by atoms with E-state index in [9.17, 15) is 0 Å². The largest absolute Gasteiger partial charge is 0.310 e. The molecular weight excluding hydrogens is 182 g/mol. The fraction of sp³-hybridized carbons (Fsp3) is 0.429. The molecule has 1 aromatic rings. The lowest BCUT2D eigenvalue weighted by atomic mass is 10.1. The second kappa shape index (κ2) is 7.24. The first-order valence-electron chi connectivity index (χ1n) is 5.71. The second-order valence-corrected chi connectivity index (χ2v) is 3.99. The van der Waals surface area contributed by atoms with E-state index in [1.54, 1.807) is 0 Å². The summed E-state index contributed by atoms with van der Waals surface area (Å²) in [5.41, 5.74) is 1.35. The molecule has 1 nitrogen and oxygen atoms in total. The number of allylic oxidation sites excluding steroid dienone is 1. The summed E-state index contributed by atoms with van der Waals surface area (Å²) in [5, 5.41) is 3.52. The molecule has 1 heteroatoms. The van der Waals surface area contributed by atoms with Crippen LogP contribution in [0.5, 0.6) is 0 Å². The molecule has 0 fully saturated rings. The van der Waals surface area contributed by atoms with Crippen molar-refractivity contribution < 1.29 is 0 Å². The molecule has 0 spiro atoms. The number of benzene rings is 1. The lowest BCUT2D eigenvalue weighted by molar-refractivity contribution is 0.500. The van der Waals surface area contributed by atoms with Crippen molar-refractivity contribution in [2.45, 2.75) is 38.8 Å². The van der Waals surface area contributed by atoms with Crippen LogP contribution in [0.25, 0.3) is 0 Å². The molecule has 0 saturated heterocycles. The molecule has 0 aromatic heterocycles. The predicted octanol–water partition coefficient (Wildman–Crippen LogP) is 3.52. The maximum absolute atomic E-state index is 3.73. The van der Waals surface area contributed by atoms with E-state index >= 15 is 0 Å². The van der Waals surface area contributed by atoms with Crippen molar-refractivity contribution in [3.8, 4) is 0 Å². The van der Waals surface area contributed by atoms with Crippen molar-refractivity contribution in [1.82, 2.24) is 5.32 Å². The molecule has 82 valence electrons. The highest BCUT2D eigenvalue weighted by molar-refractivity contribution is 5.14. The van der Waals surface area contributed by atoms with Gasteiger partial charge in [0.05, 0.1) is 0 Å². The van der Waals surface area contributed by atoms with Gasteiger partial charge in [-0.2, -0.15) is 0 Å². The Morgan fingerprint density at radius 2 is 2.07 bits per heavy atom. The Labute approximate surface area is 93.2 Å². The van der Waals surface area contributed by atoms with Crippen LogP contribution < -0.4 is 5.32 Å². The molecule has 0 aliphatic carbocycles. The fourth-order valence-electron chi connectivity index (χ4n) is 1.56. The Hall–Kier alpha value is -1.08. The second-order valence-electron chi connectivity index (χ2n) is 3.99. The number of hydrogen-bond acceptors (Lipinski definition) is 1. The van der Waals surface area contributed by atoms with Gasteiger partial charge in [-0.15, -0.1) is 6.58 Å². The summed E-state index contributed by atoms with van der Waals surface area (Å²) in [4.78, 5) is 0. The maximum atomic E-state index is 3.73. The average molecular weight is 203 g/mol. The third-order valence-corrected chi connectivity index (χ3v) is 2.54. The van der Waals surface area contributed by atoms with Crippen molar-refractivity contribution in [3.63, 3.8) is 0 Å². The summed E-state index contributed by atoms with van der Waals surface area (Å²) in [6.07, 6.45) is 5.56. The average Bonchev–Trinajstić information content (AvgIpc) is 2.28. The Bertz CT molecular complexity index is 266. The van der Waals surface area contributed by atoms with Gasteiger partial charge in [-0.05, 0) is 31.7 Å². The highest BCUT2D eigenvalue weighted by Gasteiger charge is 1.99. The molecular formula is C14H21N. The molecule has 0 saturated carbocycles. The van der Waals surface area contributed by atoms with Crippen LogP contribution in [-0.4, -0.2) is 6.04 Å². The lowest BCUT2D eigenvalue weighted by Crippen LogP contribution is -2.25. The van der Waals surface area contributed by atoms with E-state index in [-0.39, 0.29) is 0 Å². The fourth-order valence-corrected chi connectivity index (χ4v) is 1.56. The van der Waals surface area contributed by atoms with Crippen molar-refractivity contribution >= 4 is 0 Å². The van der Waals surface area contributed by atoms with Crippen LogP contribution in [0.1, 0.15) is 31.7 Å². The van der Waals surface area contributed by atoms with E-state index in [0.29, 0.717) is 6.04 Å². The summed E-state index contributed by atoms with van der Waals surface area (Å²) >= 11 is 0. The Kier molecular flexibility index (Phi) is 5.79. The normalized spacial score (nSPS) is 12.3. The summed E-state index contributed by atoms with van der Waals surface area (Å²) in [5.74, 6) is 0. The quantitative estimate of drug-likeness (QED) is 0.528. The molecule has 1 rings (SSSR count). The molecule has 0 bridgehead atoms. The summed E-state index contributed by atoms with van der Waals surface area (Å²) in [6, 6.07) is 11.1. The highest BCUT2D eigenvalue weighted by Crippen LogP contribution is 2.03. The Balaban J connectivity index is 2.16. The van der Waals surface area contributed by atoms with Crippen LogP contribution in [-0.2, 0) is 6.54 Å². The van der Waals surface area contributed by atoms with Crippen LogP contribution in [0.4, 0.5) is 0 Å². The van der Waals surface area contributed by atoms with E-state index in [2.05, 4.69) is 49.2 Å². The first-order valence-corrected chi connectivity index (χ1v) is 5.71. The zero-order chi connectivity index (χ0) is 10.9. The predicted molar refractivity (Wildman–Crippen MR) is 66.8 cm³/mol. The first-order chi connectivity index (χ1) is 7.33. The van der Waals surface area contributed by atoms with Gasteiger partial charge in [0.25, 0.3) is 0 Å². The summed E-state index contributed by atoms with van der Waals surface area (Å²) in [7, 11) is 0. The topological polar surface area (TPSA) is 12.0 Å². The monoisotopic (exact) mass is 203 g/mol. The van der Waals surface area contributed by atoms with Gasteiger partial charge in [-0.25, -0.2) is 0 Å². The van der Waals surface area contributed by atoms with Crippen molar-refractivity contribution in [1.29, 1.82) is 0 Å². The SMILES string of the molecule is C=CCCC[C@@H](C)NCc1ccccc1. The van der Waals surface area contributed by atoms with Gasteiger partial charge in [-0.3, -0.25) is 0 Å². The minimum Gasteiger partial charge on any atom is -0.310 e. The summed E-state index contributed by atoms with van der Waals surface area (Å²) < 4.78 is 0. The zero-order valence-electron chi connectivity index (χ0n) is 9.58. The Morgan fingerprint density at radius 3 is 2.73 bits per heavy atom. The highest BCUT2D eigenvalue weighted by atomic mass is 14.9. The number of nitrogens with one attached hydrogen (secondary N) is 1. The van der Waals surface area contributed by atoms with E-state index < -0.39 is 0 Å². The number of hydrogen-bond donors (Lipinski definition) is 1. The zero-order valence-corrected chi connectivity index (χ0v) is 9.58. The van der Waals surface area contributed by atoms with Gasteiger partial charge < -0.3 is 5.32 Å². The standard InChI is InChI=1S/C14H21N/c1-3-4-6-9-13(2)15-12-14-10-7-5-8-11-14/h3,5,7-8,10-11,13,15H,1,4,6,9,12H2,2H3/t13-/m1/s1. The molecule has 0 amide bonds. The molecule has 15 heavy (non-hydrogen) atoms. The van der Waals surface area contributed by atoms with Gasteiger partial charge >= 0.3 is 0 Å². The van der Waals surface area contributed by atoms with E-state index in [4.69, 9.17) is 0 Å². The van der Waals surface area contributed by atoms with Crippen LogP contribution >= 0.6 is 0 Å². The molecule has 1 aromatic carbocycles. The smallest absolute Gasteiger partial charge is 0.0207 e. The third-order valence-electron chi connectivity index (χ3n) is 2.54. The summed E-state index contributed by atoms with van der Waals surface area (Å²) in [6.45, 7) is 6.94. The number of unbranched alkanes of at least 4 members (excludes halogenated alkanes) is 1. The molecule has 0 radical (unpaired) electrons. The van der Waals surface area contributed by atoms with Gasteiger partial charge in [0.2, 0.25) is 0 Å². The van der Waals surface area contributed by atoms with Crippen molar-refractivity contribution in [2.24, 2.45) is 0 Å². The van der Waals surface area contributed by atoms with E-state index in [1.807, 2.05) is 6.08 Å². The van der Waals surface area contributed by atoms with Crippen LogP contribution in [0, 0.1) is 0 Å². The van der Waals surface area contributed by atoms with Gasteiger partial charge in [0.1, 0.15) is 0 Å². The minimum absolute atomic E-state index is 0.588. The van der Waals surface area contributed by atoms with Gasteiger partial charge in [-0.1, -0.05) is 36.4 Å². The number of rotatable bonds is 7. The molecule has 0 aliphatic rings. The van der Waals surface area contributed by atoms with E-state index in [0.717, 1.165) is 13.0 Å². The molecule has 0 unspecified atom stereocenters. The molecule has 0 heterocycles. The molecule has 1 N–H and O–H groups in total. The van der Waals surface area contributed by atoms with Gasteiger partial charge in [0.15, 0.2) is 0 Å². The molecule has 0 aliphatic heterocycles. The third kappa shape index (κ3) is 5.38. The van der Waals surface area contributed by atoms with Crippen LogP contribution in [0.15, 0.2) is 43.0 Å². The maximum Gasteiger partial charge on any atom is 0.0207 e. The van der Waals surface area contributed by atoms with Crippen molar-refractivity contribution in [3.05, 3.63) is 48.6 Å². The molecule has 1 atom stereocenters.